The molecule has 4 heteroatoms. The number of amides is 2. The molecule has 0 radical (unpaired) electrons. The molecule has 28 heavy (non-hydrogen) atoms. The van der Waals surface area contributed by atoms with Gasteiger partial charge in [-0.1, -0.05) is 44.0 Å². The van der Waals surface area contributed by atoms with E-state index in [9.17, 15) is 9.59 Å². The first-order valence-electron chi connectivity index (χ1n) is 11.1. The van der Waals surface area contributed by atoms with Crippen molar-refractivity contribution in [1.29, 1.82) is 0 Å². The summed E-state index contributed by atoms with van der Waals surface area (Å²) in [4.78, 5) is 28.4. The summed E-state index contributed by atoms with van der Waals surface area (Å²) in [5.41, 5.74) is 2.29. The zero-order valence-corrected chi connectivity index (χ0v) is 17.9. The lowest BCUT2D eigenvalue weighted by molar-refractivity contribution is -0.148. The van der Waals surface area contributed by atoms with Crippen molar-refractivity contribution in [3.05, 3.63) is 35.4 Å². The van der Waals surface area contributed by atoms with Crippen LogP contribution in [0.4, 0.5) is 0 Å². The fourth-order valence-corrected chi connectivity index (χ4v) is 5.18. The van der Waals surface area contributed by atoms with Crippen LogP contribution in [-0.2, 0) is 16.0 Å². The molecule has 0 aromatic heterocycles. The first-order chi connectivity index (χ1) is 13.4. The van der Waals surface area contributed by atoms with E-state index in [-0.39, 0.29) is 35.9 Å². The van der Waals surface area contributed by atoms with Gasteiger partial charge in [0, 0.05) is 24.0 Å². The molecule has 0 unspecified atom stereocenters. The quantitative estimate of drug-likeness (QED) is 0.825. The number of hydrogen-bond acceptors (Lipinski definition) is 2. The SMILES string of the molecule is CC[C@H](C)NC(=O)[C@@H]1C[C@H](C)N(C(=O)Cc2ccccc2C)[C@@H]2CCCC[C@@H]21. The molecule has 1 aliphatic heterocycles. The molecule has 1 aromatic rings. The number of aryl methyl sites for hydroxylation is 1. The molecule has 1 saturated heterocycles. The molecule has 1 aliphatic carbocycles. The molecule has 2 aliphatic rings. The summed E-state index contributed by atoms with van der Waals surface area (Å²) in [6, 6.07) is 8.69. The summed E-state index contributed by atoms with van der Waals surface area (Å²) >= 11 is 0. The van der Waals surface area contributed by atoms with E-state index < -0.39 is 0 Å². The number of rotatable bonds is 5. The van der Waals surface area contributed by atoms with Crippen molar-refractivity contribution in [2.45, 2.75) is 90.8 Å². The number of hydrogen-bond donors (Lipinski definition) is 1. The summed E-state index contributed by atoms with van der Waals surface area (Å²) < 4.78 is 0. The molecule has 0 bridgehead atoms. The Kier molecular flexibility index (Phi) is 6.79. The first kappa shape index (κ1) is 20.9. The van der Waals surface area contributed by atoms with Gasteiger partial charge in [-0.15, -0.1) is 0 Å². The zero-order valence-electron chi connectivity index (χ0n) is 17.9. The second-order valence-electron chi connectivity index (χ2n) is 8.93. The Hall–Kier alpha value is -1.84. The Morgan fingerprint density at radius 2 is 1.93 bits per heavy atom. The lowest BCUT2D eigenvalue weighted by Crippen LogP contribution is -2.59. The van der Waals surface area contributed by atoms with Gasteiger partial charge in [-0.25, -0.2) is 0 Å². The highest BCUT2D eigenvalue weighted by atomic mass is 16.2. The van der Waals surface area contributed by atoms with Crippen molar-refractivity contribution in [2.24, 2.45) is 11.8 Å². The topological polar surface area (TPSA) is 49.4 Å². The Labute approximate surface area is 170 Å². The van der Waals surface area contributed by atoms with Gasteiger partial charge in [-0.05, 0) is 63.5 Å². The van der Waals surface area contributed by atoms with Gasteiger partial charge in [0.2, 0.25) is 11.8 Å². The Morgan fingerprint density at radius 1 is 1.21 bits per heavy atom. The van der Waals surface area contributed by atoms with Gasteiger partial charge >= 0.3 is 0 Å². The van der Waals surface area contributed by atoms with Crippen LogP contribution in [-0.4, -0.2) is 34.8 Å². The second-order valence-corrected chi connectivity index (χ2v) is 8.93. The third-order valence-electron chi connectivity index (χ3n) is 6.95. The molecule has 2 fully saturated rings. The molecule has 5 atom stereocenters. The van der Waals surface area contributed by atoms with Crippen molar-refractivity contribution in [2.75, 3.05) is 0 Å². The number of fused-ring (bicyclic) bond motifs is 1. The number of nitrogens with zero attached hydrogens (tertiary/aromatic N) is 1. The summed E-state index contributed by atoms with van der Waals surface area (Å²) in [5, 5.41) is 3.20. The average molecular weight is 385 g/mol. The van der Waals surface area contributed by atoms with Crippen LogP contribution in [0.15, 0.2) is 24.3 Å². The zero-order chi connectivity index (χ0) is 20.3. The normalized spacial score (nSPS) is 28.4. The van der Waals surface area contributed by atoms with Crippen LogP contribution >= 0.6 is 0 Å². The molecule has 154 valence electrons. The maximum atomic E-state index is 13.3. The van der Waals surface area contributed by atoms with Crippen LogP contribution in [0.5, 0.6) is 0 Å². The first-order valence-corrected chi connectivity index (χ1v) is 11.1. The molecular formula is C24H36N2O2. The molecule has 1 heterocycles. The smallest absolute Gasteiger partial charge is 0.227 e. The Balaban J connectivity index is 1.78. The van der Waals surface area contributed by atoms with Gasteiger partial charge in [0.1, 0.15) is 0 Å². The molecule has 1 N–H and O–H groups in total. The minimum Gasteiger partial charge on any atom is -0.353 e. The van der Waals surface area contributed by atoms with Crippen LogP contribution in [0, 0.1) is 18.8 Å². The lowest BCUT2D eigenvalue weighted by Gasteiger charge is -2.51. The highest BCUT2D eigenvalue weighted by Crippen LogP contribution is 2.42. The van der Waals surface area contributed by atoms with Crippen molar-refractivity contribution in [1.82, 2.24) is 10.2 Å². The second kappa shape index (κ2) is 9.11. The Morgan fingerprint density at radius 3 is 2.64 bits per heavy atom. The summed E-state index contributed by atoms with van der Waals surface area (Å²) in [6.45, 7) is 8.37. The van der Waals surface area contributed by atoms with Gasteiger partial charge in [0.25, 0.3) is 0 Å². The standard InChI is InChI=1S/C24H36N2O2/c1-5-17(3)25-24(28)21-14-18(4)26(22-13-9-8-12-20(21)22)23(27)15-19-11-7-6-10-16(19)2/h6-7,10-11,17-18,20-22H,5,8-9,12-15H2,1-4H3,(H,25,28)/t17-,18-,20+,21+,22+/m0/s1. The monoisotopic (exact) mass is 384 g/mol. The molecule has 1 aromatic carbocycles. The van der Waals surface area contributed by atoms with E-state index in [1.807, 2.05) is 12.1 Å². The summed E-state index contributed by atoms with van der Waals surface area (Å²) in [5.74, 6) is 0.759. The van der Waals surface area contributed by atoms with Gasteiger partial charge < -0.3 is 10.2 Å². The molecule has 1 saturated carbocycles. The maximum Gasteiger partial charge on any atom is 0.227 e. The van der Waals surface area contributed by atoms with Crippen molar-refractivity contribution < 1.29 is 9.59 Å². The molecule has 4 nitrogen and oxygen atoms in total. The number of benzene rings is 1. The van der Waals surface area contributed by atoms with Gasteiger partial charge in [-0.3, -0.25) is 9.59 Å². The van der Waals surface area contributed by atoms with E-state index in [1.54, 1.807) is 0 Å². The van der Waals surface area contributed by atoms with Gasteiger partial charge in [0.05, 0.1) is 6.42 Å². The van der Waals surface area contributed by atoms with E-state index in [2.05, 4.69) is 50.0 Å². The highest BCUT2D eigenvalue weighted by molar-refractivity contribution is 5.82. The number of likely N-dealkylation sites (tertiary alicyclic amines) is 1. The highest BCUT2D eigenvalue weighted by Gasteiger charge is 2.46. The molecule has 3 rings (SSSR count). The summed E-state index contributed by atoms with van der Waals surface area (Å²) in [6.07, 6.45) is 6.60. The molecule has 0 spiro atoms. The molecule has 2 amide bonds. The summed E-state index contributed by atoms with van der Waals surface area (Å²) in [7, 11) is 0. The Bertz CT molecular complexity index is 702. The third kappa shape index (κ3) is 4.42. The van der Waals surface area contributed by atoms with E-state index in [4.69, 9.17) is 0 Å². The predicted octanol–water partition coefficient (Wildman–Crippen LogP) is 4.25. The van der Waals surface area contributed by atoms with E-state index in [0.717, 1.165) is 37.7 Å². The van der Waals surface area contributed by atoms with Crippen molar-refractivity contribution in [3.63, 3.8) is 0 Å². The minimum atomic E-state index is 0.0387. The predicted molar refractivity (Wildman–Crippen MR) is 113 cm³/mol. The third-order valence-corrected chi connectivity index (χ3v) is 6.95. The number of carbonyl (C=O) groups excluding carboxylic acids is 2. The van der Waals surface area contributed by atoms with Crippen molar-refractivity contribution in [3.8, 4) is 0 Å². The average Bonchev–Trinajstić information content (AvgIpc) is 2.68. The van der Waals surface area contributed by atoms with E-state index in [1.165, 1.54) is 12.0 Å². The number of carbonyl (C=O) groups is 2. The van der Waals surface area contributed by atoms with Crippen LogP contribution in [0.3, 0.4) is 0 Å². The van der Waals surface area contributed by atoms with Crippen LogP contribution in [0.1, 0.15) is 70.4 Å². The van der Waals surface area contributed by atoms with E-state index in [0.29, 0.717) is 12.3 Å². The lowest BCUT2D eigenvalue weighted by atomic mass is 9.69. The fourth-order valence-electron chi connectivity index (χ4n) is 5.18. The maximum absolute atomic E-state index is 13.3. The van der Waals surface area contributed by atoms with Crippen molar-refractivity contribution >= 4 is 11.8 Å². The number of nitrogens with one attached hydrogen (secondary N) is 1. The van der Waals surface area contributed by atoms with E-state index >= 15 is 0 Å². The van der Waals surface area contributed by atoms with Crippen LogP contribution < -0.4 is 5.32 Å². The largest absolute Gasteiger partial charge is 0.353 e. The minimum absolute atomic E-state index is 0.0387. The van der Waals surface area contributed by atoms with Crippen LogP contribution in [0.25, 0.3) is 0 Å². The van der Waals surface area contributed by atoms with Crippen LogP contribution in [0.2, 0.25) is 0 Å². The van der Waals surface area contributed by atoms with Gasteiger partial charge in [-0.2, -0.15) is 0 Å². The molecular weight excluding hydrogens is 348 g/mol. The number of piperidine rings is 1. The van der Waals surface area contributed by atoms with Gasteiger partial charge in [0.15, 0.2) is 0 Å². The fraction of sp³-hybridized carbons (Fsp3) is 0.667.